The number of aryl methyl sites for hydroxylation is 2. The predicted octanol–water partition coefficient (Wildman–Crippen LogP) is 3.98. The van der Waals surface area contributed by atoms with Gasteiger partial charge in [0.1, 0.15) is 0 Å². The molecule has 0 unspecified atom stereocenters. The third-order valence-corrected chi connectivity index (χ3v) is 5.56. The van der Waals surface area contributed by atoms with E-state index in [1.54, 1.807) is 0 Å². The molecule has 0 N–H and O–H groups in total. The Morgan fingerprint density at radius 1 is 0.778 bits per heavy atom. The third kappa shape index (κ3) is 6.43. The maximum absolute atomic E-state index is 12.2. The van der Waals surface area contributed by atoms with Crippen molar-refractivity contribution in [3.8, 4) is 11.5 Å². The Morgan fingerprint density at radius 2 is 1.11 bits per heavy atom. The van der Waals surface area contributed by atoms with Crippen molar-refractivity contribution >= 4 is 56.6 Å². The number of halogens is 2. The minimum atomic E-state index is 0. The molecule has 0 heterocycles. The molecule has 1 radical (unpaired) electrons. The fraction of sp³-hybridized carbons (Fsp3) is 0.300. The molecule has 0 fully saturated rings. The summed E-state index contributed by atoms with van der Waals surface area (Å²) in [5, 5.41) is 24.5. The first-order valence-electron chi connectivity index (χ1n) is 8.18. The van der Waals surface area contributed by atoms with Crippen LogP contribution in [0, 0.1) is 21.0 Å². The molecule has 0 saturated heterocycles. The topological polar surface area (TPSA) is 70.8 Å². The smallest absolute Gasteiger partial charge is 0.871 e. The molecule has 2 aromatic rings. The van der Waals surface area contributed by atoms with E-state index >= 15 is 0 Å². The fourth-order valence-corrected chi connectivity index (χ4v) is 4.16. The first-order valence-corrected chi connectivity index (χ1v) is 10.3. The standard InChI is InChI=1S/C20H22I2N2O2.Co/c1-11-7-15(19(25)17(21)9-11)13(3)23-5-6-24-14(4)16-8-12(2)10-18(22)20(16)26;/h7-10,25-26H,5-6H2,1-4H3;/q;+2/p-2. The molecule has 0 aliphatic heterocycles. The van der Waals surface area contributed by atoms with Crippen LogP contribution in [0.4, 0.5) is 0 Å². The Hall–Kier alpha value is -0.654. The Bertz CT molecular complexity index is 823. The zero-order valence-electron chi connectivity index (χ0n) is 15.5. The molecule has 145 valence electrons. The van der Waals surface area contributed by atoms with Crippen molar-refractivity contribution in [2.75, 3.05) is 13.1 Å². The number of nitrogens with zero attached hydrogens (tertiary/aromatic N) is 2. The van der Waals surface area contributed by atoms with Gasteiger partial charge in [0.15, 0.2) is 0 Å². The molecule has 0 saturated carbocycles. The van der Waals surface area contributed by atoms with E-state index < -0.39 is 0 Å². The number of rotatable bonds is 5. The molecule has 0 aliphatic rings. The molecule has 0 aromatic heterocycles. The van der Waals surface area contributed by atoms with Gasteiger partial charge in [-0.05, 0) is 107 Å². The number of benzene rings is 2. The first kappa shape index (κ1) is 24.4. The van der Waals surface area contributed by atoms with Crippen molar-refractivity contribution in [3.63, 3.8) is 0 Å². The second-order valence-electron chi connectivity index (χ2n) is 6.18. The van der Waals surface area contributed by atoms with E-state index in [0.29, 0.717) is 31.4 Å². The Labute approximate surface area is 198 Å². The molecule has 2 aromatic carbocycles. The van der Waals surface area contributed by atoms with Crippen LogP contribution in [0.1, 0.15) is 36.1 Å². The van der Waals surface area contributed by atoms with Crippen molar-refractivity contribution in [2.45, 2.75) is 27.7 Å². The number of hydrogen-bond donors (Lipinski definition) is 0. The zero-order valence-corrected chi connectivity index (χ0v) is 20.9. The molecule has 0 spiro atoms. The first-order chi connectivity index (χ1) is 12.2. The van der Waals surface area contributed by atoms with Crippen LogP contribution < -0.4 is 10.2 Å². The van der Waals surface area contributed by atoms with Gasteiger partial charge in [0.05, 0.1) is 13.1 Å². The van der Waals surface area contributed by atoms with Crippen LogP contribution in [-0.2, 0) is 16.8 Å². The van der Waals surface area contributed by atoms with E-state index in [-0.39, 0.29) is 28.3 Å². The van der Waals surface area contributed by atoms with E-state index in [0.717, 1.165) is 22.6 Å². The number of aliphatic imine (C=N–C) groups is 2. The Balaban J connectivity index is 0.00000364. The van der Waals surface area contributed by atoms with Gasteiger partial charge in [-0.25, -0.2) is 0 Å². The summed E-state index contributed by atoms with van der Waals surface area (Å²) in [6.45, 7) is 8.59. The summed E-state index contributed by atoms with van der Waals surface area (Å²) in [5.74, 6) is 0.0323. The van der Waals surface area contributed by atoms with Crippen LogP contribution in [0.15, 0.2) is 34.3 Å². The minimum Gasteiger partial charge on any atom is -0.871 e. The summed E-state index contributed by atoms with van der Waals surface area (Å²) in [6, 6.07) is 7.49. The Kier molecular flexibility index (Phi) is 9.73. The molecule has 4 nitrogen and oxygen atoms in total. The maximum atomic E-state index is 12.2. The zero-order chi connectivity index (χ0) is 19.4. The molecule has 2 rings (SSSR count). The second-order valence-corrected chi connectivity index (χ2v) is 8.51. The van der Waals surface area contributed by atoms with Gasteiger partial charge < -0.3 is 10.2 Å². The van der Waals surface area contributed by atoms with Gasteiger partial charge in [0.25, 0.3) is 0 Å². The van der Waals surface area contributed by atoms with E-state index in [1.165, 1.54) is 0 Å². The predicted molar refractivity (Wildman–Crippen MR) is 121 cm³/mol. The molecular weight excluding hydrogens is 613 g/mol. The summed E-state index contributed by atoms with van der Waals surface area (Å²) < 4.78 is 1.41. The Morgan fingerprint density at radius 3 is 1.44 bits per heavy atom. The third-order valence-electron chi connectivity index (χ3n) is 3.95. The molecule has 7 heteroatoms. The summed E-state index contributed by atoms with van der Waals surface area (Å²) in [4.78, 5) is 8.97. The average Bonchev–Trinajstić information content (AvgIpc) is 2.57. The van der Waals surface area contributed by atoms with Gasteiger partial charge in [0, 0.05) is 18.6 Å². The van der Waals surface area contributed by atoms with Crippen LogP contribution in [0.3, 0.4) is 0 Å². The molecule has 0 amide bonds. The number of hydrogen-bond acceptors (Lipinski definition) is 4. The molecular formula is C20H20CoI2N2O2. The summed E-state index contributed by atoms with van der Waals surface area (Å²) in [7, 11) is 0. The van der Waals surface area contributed by atoms with Crippen LogP contribution in [-0.4, -0.2) is 24.5 Å². The monoisotopic (exact) mass is 633 g/mol. The second kappa shape index (κ2) is 10.8. The van der Waals surface area contributed by atoms with Crippen LogP contribution in [0.25, 0.3) is 0 Å². The summed E-state index contributed by atoms with van der Waals surface area (Å²) in [5.41, 5.74) is 4.82. The molecule has 27 heavy (non-hydrogen) atoms. The normalized spacial score (nSPS) is 12.1. The van der Waals surface area contributed by atoms with Crippen molar-refractivity contribution in [1.82, 2.24) is 0 Å². The van der Waals surface area contributed by atoms with Gasteiger partial charge >= 0.3 is 16.8 Å². The van der Waals surface area contributed by atoms with Crippen LogP contribution >= 0.6 is 45.2 Å². The van der Waals surface area contributed by atoms with Crippen molar-refractivity contribution in [1.29, 1.82) is 0 Å². The quantitative estimate of drug-likeness (QED) is 0.284. The van der Waals surface area contributed by atoms with Gasteiger partial charge in [-0.15, -0.1) is 0 Å². The summed E-state index contributed by atoms with van der Waals surface area (Å²) >= 11 is 4.12. The van der Waals surface area contributed by atoms with Crippen molar-refractivity contribution < 1.29 is 27.0 Å². The van der Waals surface area contributed by atoms with Gasteiger partial charge in [0.2, 0.25) is 0 Å². The molecule has 0 aliphatic carbocycles. The van der Waals surface area contributed by atoms with Gasteiger partial charge in [-0.3, -0.25) is 9.98 Å². The largest absolute Gasteiger partial charge is 2.00 e. The fourth-order valence-electron chi connectivity index (χ4n) is 2.60. The minimum absolute atomic E-state index is 0. The van der Waals surface area contributed by atoms with Gasteiger partial charge in [-0.1, -0.05) is 23.6 Å². The van der Waals surface area contributed by atoms with Gasteiger partial charge in [-0.2, -0.15) is 0 Å². The maximum Gasteiger partial charge on any atom is 2.00 e. The van der Waals surface area contributed by atoms with Crippen molar-refractivity contribution in [2.24, 2.45) is 9.98 Å². The van der Waals surface area contributed by atoms with E-state index in [9.17, 15) is 10.2 Å². The van der Waals surface area contributed by atoms with Crippen molar-refractivity contribution in [3.05, 3.63) is 53.7 Å². The van der Waals surface area contributed by atoms with E-state index in [1.807, 2.05) is 52.0 Å². The molecule has 0 bridgehead atoms. The SMILES string of the molecule is CC(=NCCN=C(C)c1cc(C)cc(I)c1[O-])c1cc(C)cc(I)c1[O-].[Co+2]. The van der Waals surface area contributed by atoms with E-state index in [2.05, 4.69) is 55.2 Å². The van der Waals surface area contributed by atoms with E-state index in [4.69, 9.17) is 0 Å². The summed E-state index contributed by atoms with van der Waals surface area (Å²) in [6.07, 6.45) is 0. The molecule has 0 atom stereocenters. The van der Waals surface area contributed by atoms with Crippen LogP contribution in [0.2, 0.25) is 0 Å². The van der Waals surface area contributed by atoms with Crippen LogP contribution in [0.5, 0.6) is 11.5 Å². The average molecular weight is 633 g/mol.